The van der Waals surface area contributed by atoms with Gasteiger partial charge in [0.15, 0.2) is 0 Å². The molecule has 2 aromatic heterocycles. The van der Waals surface area contributed by atoms with E-state index in [9.17, 15) is 5.11 Å². The summed E-state index contributed by atoms with van der Waals surface area (Å²) in [5.41, 5.74) is 1.23. The number of hydrogen-bond donors (Lipinski definition) is 3. The Balaban J connectivity index is 2.23. The monoisotopic (exact) mass is 313 g/mol. The molecule has 3 N–H and O–H groups in total. The maximum absolute atomic E-state index is 9.33. The molecule has 0 aromatic carbocycles. The number of nitrogens with zero attached hydrogens (tertiary/aromatic N) is 2. The van der Waals surface area contributed by atoms with E-state index in [-0.39, 0.29) is 6.61 Å². The van der Waals surface area contributed by atoms with Gasteiger partial charge in [-0.1, -0.05) is 0 Å². The van der Waals surface area contributed by atoms with Gasteiger partial charge in [0.1, 0.15) is 16.5 Å². The quantitative estimate of drug-likeness (QED) is 0.756. The molecule has 0 radical (unpaired) electrons. The Bertz CT molecular complexity index is 601. The number of thioether (sulfide) groups is 1. The summed E-state index contributed by atoms with van der Waals surface area (Å²) in [5.74, 6) is 2.71. The molecule has 0 saturated heterocycles. The first kappa shape index (κ1) is 15.5. The molecule has 2 rings (SSSR count). The van der Waals surface area contributed by atoms with Gasteiger partial charge in [0.25, 0.3) is 0 Å². The maximum Gasteiger partial charge on any atom is 0.142 e. The summed E-state index contributed by atoms with van der Waals surface area (Å²) < 4.78 is 0. The van der Waals surface area contributed by atoms with Gasteiger partial charge >= 0.3 is 0 Å². The van der Waals surface area contributed by atoms with Gasteiger partial charge < -0.3 is 15.5 Å². The van der Waals surface area contributed by atoms with Crippen molar-refractivity contribution in [2.24, 2.45) is 0 Å². The van der Waals surface area contributed by atoms with Crippen LogP contribution in [0.4, 0.5) is 5.82 Å². The van der Waals surface area contributed by atoms with Crippen molar-refractivity contribution in [1.29, 1.82) is 0 Å². The SMILES string of the molecule is CNc1nc(CSCC(O)CO)nc2sc(C)c(C)c12. The summed E-state index contributed by atoms with van der Waals surface area (Å²) in [6, 6.07) is 0. The molecule has 2 heterocycles. The molecule has 0 aliphatic heterocycles. The van der Waals surface area contributed by atoms with Crippen LogP contribution in [0.1, 0.15) is 16.3 Å². The van der Waals surface area contributed by atoms with Crippen LogP contribution >= 0.6 is 23.1 Å². The van der Waals surface area contributed by atoms with Gasteiger partial charge in [0.05, 0.1) is 23.8 Å². The summed E-state index contributed by atoms with van der Waals surface area (Å²) in [6.07, 6.45) is -0.682. The molecule has 2 aromatic rings. The number of anilines is 1. The first-order valence-corrected chi connectivity index (χ1v) is 8.35. The number of fused-ring (bicyclic) bond motifs is 1. The molecule has 0 spiro atoms. The van der Waals surface area contributed by atoms with E-state index in [1.54, 1.807) is 11.3 Å². The molecule has 1 atom stereocenters. The fourth-order valence-corrected chi connectivity index (χ4v) is 3.73. The van der Waals surface area contributed by atoms with E-state index in [1.165, 1.54) is 22.2 Å². The van der Waals surface area contributed by atoms with E-state index in [4.69, 9.17) is 5.11 Å². The van der Waals surface area contributed by atoms with Gasteiger partial charge in [-0.25, -0.2) is 9.97 Å². The number of rotatable bonds is 6. The predicted octanol–water partition coefficient (Wildman–Crippen LogP) is 1.94. The minimum absolute atomic E-state index is 0.210. The Morgan fingerprint density at radius 3 is 2.75 bits per heavy atom. The topological polar surface area (TPSA) is 78.3 Å². The van der Waals surface area contributed by atoms with Crippen LogP contribution in [-0.2, 0) is 5.75 Å². The molecule has 0 bridgehead atoms. The van der Waals surface area contributed by atoms with Gasteiger partial charge in [-0.2, -0.15) is 11.8 Å². The number of aryl methyl sites for hydroxylation is 2. The fourth-order valence-electron chi connectivity index (χ4n) is 1.88. The van der Waals surface area contributed by atoms with Crippen LogP contribution in [0.3, 0.4) is 0 Å². The zero-order valence-corrected chi connectivity index (χ0v) is 13.4. The molecule has 20 heavy (non-hydrogen) atoms. The molecule has 1 unspecified atom stereocenters. The van der Waals surface area contributed by atoms with Crippen LogP contribution in [0.2, 0.25) is 0 Å². The fraction of sp³-hybridized carbons (Fsp3) is 0.538. The minimum Gasteiger partial charge on any atom is -0.394 e. The van der Waals surface area contributed by atoms with Crippen LogP contribution in [0.5, 0.6) is 0 Å². The van der Waals surface area contributed by atoms with Crippen LogP contribution in [-0.4, -0.2) is 45.7 Å². The van der Waals surface area contributed by atoms with Gasteiger partial charge in [-0.05, 0) is 19.4 Å². The van der Waals surface area contributed by atoms with E-state index in [2.05, 4.69) is 29.1 Å². The molecule has 0 saturated carbocycles. The smallest absolute Gasteiger partial charge is 0.142 e. The van der Waals surface area contributed by atoms with Crippen LogP contribution in [0.25, 0.3) is 10.2 Å². The molecule has 5 nitrogen and oxygen atoms in total. The van der Waals surface area contributed by atoms with Crippen molar-refractivity contribution in [2.75, 3.05) is 24.7 Å². The molecule has 0 fully saturated rings. The zero-order valence-electron chi connectivity index (χ0n) is 11.8. The molecule has 7 heteroatoms. The molecular weight excluding hydrogens is 294 g/mol. The largest absolute Gasteiger partial charge is 0.394 e. The highest BCUT2D eigenvalue weighted by Gasteiger charge is 2.14. The summed E-state index contributed by atoms with van der Waals surface area (Å²) in [6.45, 7) is 3.97. The van der Waals surface area contributed by atoms with E-state index in [0.717, 1.165) is 21.9 Å². The number of aromatic nitrogens is 2. The van der Waals surface area contributed by atoms with E-state index in [0.29, 0.717) is 11.5 Å². The highest BCUT2D eigenvalue weighted by molar-refractivity contribution is 7.98. The molecule has 0 aliphatic carbocycles. The highest BCUT2D eigenvalue weighted by Crippen LogP contribution is 2.33. The van der Waals surface area contributed by atoms with Crippen LogP contribution < -0.4 is 5.32 Å². The third kappa shape index (κ3) is 3.22. The average molecular weight is 313 g/mol. The molecule has 0 amide bonds. The van der Waals surface area contributed by atoms with E-state index >= 15 is 0 Å². The Morgan fingerprint density at radius 1 is 1.35 bits per heavy atom. The lowest BCUT2D eigenvalue weighted by atomic mass is 10.2. The van der Waals surface area contributed by atoms with Crippen molar-refractivity contribution in [1.82, 2.24) is 9.97 Å². The van der Waals surface area contributed by atoms with Gasteiger partial charge in [-0.3, -0.25) is 0 Å². The lowest BCUT2D eigenvalue weighted by Crippen LogP contribution is -2.15. The second-order valence-corrected chi connectivity index (χ2v) is 6.79. The third-order valence-electron chi connectivity index (χ3n) is 3.06. The average Bonchev–Trinajstić information content (AvgIpc) is 2.73. The number of nitrogens with one attached hydrogen (secondary N) is 1. The summed E-state index contributed by atoms with van der Waals surface area (Å²) >= 11 is 3.20. The maximum atomic E-state index is 9.33. The van der Waals surface area contributed by atoms with E-state index < -0.39 is 6.10 Å². The lowest BCUT2D eigenvalue weighted by molar-refractivity contribution is 0.113. The third-order valence-corrected chi connectivity index (χ3v) is 5.25. The van der Waals surface area contributed by atoms with Crippen molar-refractivity contribution in [3.05, 3.63) is 16.3 Å². The molecule has 110 valence electrons. The van der Waals surface area contributed by atoms with Gasteiger partial charge in [0, 0.05) is 17.7 Å². The number of thiophene rings is 1. The number of aliphatic hydroxyl groups excluding tert-OH is 2. The van der Waals surface area contributed by atoms with Crippen molar-refractivity contribution in [2.45, 2.75) is 25.7 Å². The van der Waals surface area contributed by atoms with Crippen molar-refractivity contribution in [3.8, 4) is 0 Å². The normalized spacial score (nSPS) is 12.8. The number of hydrogen-bond acceptors (Lipinski definition) is 7. The lowest BCUT2D eigenvalue weighted by Gasteiger charge is -2.08. The summed E-state index contributed by atoms with van der Waals surface area (Å²) in [4.78, 5) is 11.4. The standard InChI is InChI=1S/C13H19N3O2S2/c1-7-8(2)20-13-11(7)12(14-3)15-10(16-13)6-19-5-9(18)4-17/h9,17-18H,4-6H2,1-3H3,(H,14,15,16). The second kappa shape index (κ2) is 6.71. The van der Waals surface area contributed by atoms with E-state index in [1.807, 2.05) is 7.05 Å². The Labute approximate surface area is 126 Å². The zero-order chi connectivity index (χ0) is 14.7. The van der Waals surface area contributed by atoms with Crippen molar-refractivity contribution < 1.29 is 10.2 Å². The number of aliphatic hydroxyl groups is 2. The van der Waals surface area contributed by atoms with Crippen LogP contribution in [0.15, 0.2) is 0 Å². The first-order chi connectivity index (χ1) is 9.56. The van der Waals surface area contributed by atoms with Crippen LogP contribution in [0, 0.1) is 13.8 Å². The summed E-state index contributed by atoms with van der Waals surface area (Å²) in [5, 5.41) is 22.3. The second-order valence-electron chi connectivity index (χ2n) is 4.55. The summed E-state index contributed by atoms with van der Waals surface area (Å²) in [7, 11) is 1.86. The molecule has 0 aliphatic rings. The Morgan fingerprint density at radius 2 is 2.10 bits per heavy atom. The Hall–Kier alpha value is -0.890. The Kier molecular flexibility index (Phi) is 5.20. The molecular formula is C13H19N3O2S2. The highest BCUT2D eigenvalue weighted by atomic mass is 32.2. The van der Waals surface area contributed by atoms with Gasteiger partial charge in [-0.15, -0.1) is 11.3 Å². The predicted molar refractivity (Wildman–Crippen MR) is 85.7 cm³/mol. The van der Waals surface area contributed by atoms with Crippen molar-refractivity contribution >= 4 is 39.1 Å². The first-order valence-electron chi connectivity index (χ1n) is 6.37. The minimum atomic E-state index is -0.682. The van der Waals surface area contributed by atoms with Crippen molar-refractivity contribution in [3.63, 3.8) is 0 Å². The van der Waals surface area contributed by atoms with Gasteiger partial charge in [0.2, 0.25) is 0 Å².